The molecule has 7 nitrogen and oxygen atoms in total. The minimum absolute atomic E-state index is 0.0571. The summed E-state index contributed by atoms with van der Waals surface area (Å²) in [6.07, 6.45) is 0. The summed E-state index contributed by atoms with van der Waals surface area (Å²) < 4.78 is 18.4. The van der Waals surface area contributed by atoms with Crippen molar-refractivity contribution >= 4 is 23.6 Å². The molecule has 0 radical (unpaired) electrons. The zero-order valence-corrected chi connectivity index (χ0v) is 18.2. The second-order valence-corrected chi connectivity index (χ2v) is 8.18. The van der Waals surface area contributed by atoms with Crippen LogP contribution in [-0.4, -0.2) is 33.7 Å². The van der Waals surface area contributed by atoms with Crippen molar-refractivity contribution in [2.75, 3.05) is 5.75 Å². The smallest absolute Gasteiger partial charge is 0.253 e. The number of benzene rings is 2. The molecule has 2 N–H and O–H groups in total. The average molecular weight is 443 g/mol. The maximum Gasteiger partial charge on any atom is 0.253 e. The minimum atomic E-state index is -0.545. The number of carbonyl (C=O) groups excluding carboxylic acids is 2. The summed E-state index contributed by atoms with van der Waals surface area (Å²) in [5.74, 6) is -0.0178. The van der Waals surface area contributed by atoms with Gasteiger partial charge in [-0.25, -0.2) is 4.39 Å². The van der Waals surface area contributed by atoms with E-state index >= 15 is 0 Å². The third kappa shape index (κ3) is 6.14. The molecule has 2 aromatic carbocycles. The summed E-state index contributed by atoms with van der Waals surface area (Å²) in [5.41, 5.74) is 1.06. The molecule has 0 bridgehead atoms. The number of thioether (sulfide) groups is 1. The van der Waals surface area contributed by atoms with E-state index in [1.807, 2.05) is 19.9 Å². The second kappa shape index (κ2) is 10.2. The first kappa shape index (κ1) is 22.5. The first-order valence-corrected chi connectivity index (χ1v) is 10.7. The third-order valence-electron chi connectivity index (χ3n) is 4.20. The number of amides is 2. The van der Waals surface area contributed by atoms with Gasteiger partial charge in [-0.15, -0.1) is 11.8 Å². The van der Waals surface area contributed by atoms with Gasteiger partial charge in [0.05, 0.1) is 11.3 Å². The van der Waals surface area contributed by atoms with E-state index in [1.165, 1.54) is 23.9 Å². The fourth-order valence-corrected chi connectivity index (χ4v) is 3.61. The molecular formula is C22H23FN4O3S. The van der Waals surface area contributed by atoms with E-state index in [0.717, 1.165) is 0 Å². The Hall–Kier alpha value is -3.20. The molecule has 0 saturated carbocycles. The highest BCUT2D eigenvalue weighted by Gasteiger charge is 2.20. The Morgan fingerprint density at radius 1 is 1.06 bits per heavy atom. The van der Waals surface area contributed by atoms with E-state index in [1.54, 1.807) is 37.3 Å². The van der Waals surface area contributed by atoms with Crippen molar-refractivity contribution in [3.63, 3.8) is 0 Å². The lowest BCUT2D eigenvalue weighted by atomic mass is 10.2. The van der Waals surface area contributed by atoms with Crippen LogP contribution in [0.5, 0.6) is 0 Å². The van der Waals surface area contributed by atoms with Crippen molar-refractivity contribution in [3.05, 3.63) is 65.8 Å². The number of aromatic nitrogens is 2. The molecule has 0 saturated heterocycles. The van der Waals surface area contributed by atoms with Gasteiger partial charge in [0.25, 0.3) is 5.91 Å². The number of nitrogens with one attached hydrogen (secondary N) is 2. The summed E-state index contributed by atoms with van der Waals surface area (Å²) in [6, 6.07) is 12.3. The van der Waals surface area contributed by atoms with Crippen molar-refractivity contribution in [1.29, 1.82) is 0 Å². The molecule has 0 aliphatic heterocycles. The highest BCUT2D eigenvalue weighted by atomic mass is 32.2. The normalized spacial score (nSPS) is 11.9. The Balaban J connectivity index is 1.66. The van der Waals surface area contributed by atoms with Crippen LogP contribution in [-0.2, 0) is 4.79 Å². The highest BCUT2D eigenvalue weighted by molar-refractivity contribution is 8.00. The number of hydrogen-bond donors (Lipinski definition) is 2. The summed E-state index contributed by atoms with van der Waals surface area (Å²) in [5, 5.41) is 9.56. The van der Waals surface area contributed by atoms with Gasteiger partial charge in [0, 0.05) is 16.5 Å². The molecule has 2 amide bonds. The zero-order valence-electron chi connectivity index (χ0n) is 17.4. The van der Waals surface area contributed by atoms with Crippen molar-refractivity contribution in [2.24, 2.45) is 0 Å². The maximum atomic E-state index is 13.1. The topological polar surface area (TPSA) is 97.1 Å². The van der Waals surface area contributed by atoms with E-state index < -0.39 is 6.04 Å². The van der Waals surface area contributed by atoms with E-state index in [2.05, 4.69) is 20.8 Å². The molecule has 9 heteroatoms. The lowest BCUT2D eigenvalue weighted by Gasteiger charge is -2.13. The molecule has 3 aromatic rings. The summed E-state index contributed by atoms with van der Waals surface area (Å²) in [6.45, 7) is 5.51. The molecule has 0 fully saturated rings. The average Bonchev–Trinajstić information content (AvgIpc) is 3.23. The van der Waals surface area contributed by atoms with E-state index in [-0.39, 0.29) is 35.3 Å². The van der Waals surface area contributed by atoms with Gasteiger partial charge < -0.3 is 15.2 Å². The van der Waals surface area contributed by atoms with Crippen LogP contribution in [0.4, 0.5) is 4.39 Å². The van der Waals surface area contributed by atoms with Gasteiger partial charge in [0.15, 0.2) is 0 Å². The minimum Gasteiger partial charge on any atom is -0.353 e. The van der Waals surface area contributed by atoms with Crippen molar-refractivity contribution in [1.82, 2.24) is 20.8 Å². The Kier molecular flexibility index (Phi) is 7.41. The molecule has 1 aromatic heterocycles. The summed E-state index contributed by atoms with van der Waals surface area (Å²) >= 11 is 1.30. The molecule has 162 valence electrons. The first-order chi connectivity index (χ1) is 14.8. The van der Waals surface area contributed by atoms with Crippen LogP contribution in [0.1, 0.15) is 43.1 Å². The largest absolute Gasteiger partial charge is 0.353 e. The zero-order chi connectivity index (χ0) is 22.4. The van der Waals surface area contributed by atoms with Crippen LogP contribution in [0, 0.1) is 5.82 Å². The molecule has 0 spiro atoms. The van der Waals surface area contributed by atoms with Gasteiger partial charge in [-0.05, 0) is 57.2 Å². The molecule has 0 aliphatic rings. The highest BCUT2D eigenvalue weighted by Crippen LogP contribution is 2.24. The maximum absolute atomic E-state index is 13.1. The fourth-order valence-electron chi connectivity index (χ4n) is 2.75. The van der Waals surface area contributed by atoms with Crippen LogP contribution in [0.3, 0.4) is 0 Å². The van der Waals surface area contributed by atoms with Crippen LogP contribution < -0.4 is 10.6 Å². The van der Waals surface area contributed by atoms with Crippen molar-refractivity contribution in [2.45, 2.75) is 37.8 Å². The molecule has 1 heterocycles. The molecule has 3 rings (SSSR count). The molecule has 1 unspecified atom stereocenters. The fraction of sp³-hybridized carbons (Fsp3) is 0.273. The SMILES string of the molecule is CC(C)NC(=O)CSc1ccccc1C(=O)NC(C)c1nc(-c2ccc(F)cc2)no1. The lowest BCUT2D eigenvalue weighted by Crippen LogP contribution is -2.31. The van der Waals surface area contributed by atoms with Gasteiger partial charge in [-0.3, -0.25) is 9.59 Å². The molecular weight excluding hydrogens is 419 g/mol. The number of nitrogens with zero attached hydrogens (tertiary/aromatic N) is 2. The monoisotopic (exact) mass is 442 g/mol. The van der Waals surface area contributed by atoms with Crippen LogP contribution in [0.15, 0.2) is 57.9 Å². The second-order valence-electron chi connectivity index (χ2n) is 7.17. The number of halogens is 1. The Labute approximate surface area is 183 Å². The van der Waals surface area contributed by atoms with Crippen molar-refractivity contribution < 1.29 is 18.5 Å². The van der Waals surface area contributed by atoms with Gasteiger partial charge in [-0.1, -0.05) is 17.3 Å². The van der Waals surface area contributed by atoms with Crippen LogP contribution in [0.2, 0.25) is 0 Å². The molecule has 31 heavy (non-hydrogen) atoms. The first-order valence-electron chi connectivity index (χ1n) is 9.75. The Morgan fingerprint density at radius 3 is 2.48 bits per heavy atom. The lowest BCUT2D eigenvalue weighted by molar-refractivity contribution is -0.119. The van der Waals surface area contributed by atoms with Crippen molar-refractivity contribution in [3.8, 4) is 11.4 Å². The van der Waals surface area contributed by atoms with Crippen LogP contribution in [0.25, 0.3) is 11.4 Å². The standard InChI is InChI=1S/C22H23FN4O3S/c1-13(2)24-19(28)12-31-18-7-5-4-6-17(18)21(29)25-14(3)22-26-20(27-30-22)15-8-10-16(23)11-9-15/h4-11,13-14H,12H2,1-3H3,(H,24,28)(H,25,29). The molecule has 1 atom stereocenters. The van der Waals surface area contributed by atoms with E-state index in [0.29, 0.717) is 21.8 Å². The van der Waals surface area contributed by atoms with Gasteiger partial charge in [0.2, 0.25) is 17.6 Å². The predicted octanol–water partition coefficient (Wildman–Crippen LogP) is 3.98. The van der Waals surface area contributed by atoms with Gasteiger partial charge in [0.1, 0.15) is 11.9 Å². The van der Waals surface area contributed by atoms with Gasteiger partial charge >= 0.3 is 0 Å². The Bertz CT molecular complexity index is 1050. The number of carbonyl (C=O) groups is 2. The predicted molar refractivity (Wildman–Crippen MR) is 116 cm³/mol. The van der Waals surface area contributed by atoms with E-state index in [4.69, 9.17) is 4.52 Å². The third-order valence-corrected chi connectivity index (χ3v) is 5.28. The van der Waals surface area contributed by atoms with E-state index in [9.17, 15) is 14.0 Å². The number of hydrogen-bond acceptors (Lipinski definition) is 6. The quantitative estimate of drug-likeness (QED) is 0.512. The van der Waals surface area contributed by atoms with Gasteiger partial charge in [-0.2, -0.15) is 4.98 Å². The van der Waals surface area contributed by atoms with Crippen LogP contribution >= 0.6 is 11.8 Å². The Morgan fingerprint density at radius 2 is 1.77 bits per heavy atom. The summed E-state index contributed by atoms with van der Waals surface area (Å²) in [7, 11) is 0. The summed E-state index contributed by atoms with van der Waals surface area (Å²) in [4.78, 5) is 29.7. The number of rotatable bonds is 8. The molecule has 0 aliphatic carbocycles.